The van der Waals surface area contributed by atoms with E-state index < -0.39 is 11.8 Å². The summed E-state index contributed by atoms with van der Waals surface area (Å²) in [6.07, 6.45) is 1.40. The largest absolute Gasteiger partial charge is 0.378 e. The molecule has 0 aliphatic carbocycles. The molecule has 0 bridgehead atoms. The maximum Gasteiger partial charge on any atom is 0.270 e. The van der Waals surface area contributed by atoms with Crippen molar-refractivity contribution >= 4 is 17.5 Å². The van der Waals surface area contributed by atoms with Gasteiger partial charge in [0.15, 0.2) is 5.65 Å². The molecule has 3 aromatic rings. The summed E-state index contributed by atoms with van der Waals surface area (Å²) >= 11 is 0. The van der Waals surface area contributed by atoms with E-state index in [1.165, 1.54) is 36.0 Å². The number of hydrogen-bond donors (Lipinski definition) is 2. The third-order valence-corrected chi connectivity index (χ3v) is 3.72. The summed E-state index contributed by atoms with van der Waals surface area (Å²) in [4.78, 5) is 28.4. The highest BCUT2D eigenvalue weighted by Crippen LogP contribution is 2.16. The van der Waals surface area contributed by atoms with Gasteiger partial charge in [0.25, 0.3) is 11.8 Å². The Morgan fingerprint density at radius 3 is 2.65 bits per heavy atom. The molecule has 9 heteroatoms. The zero-order valence-corrected chi connectivity index (χ0v) is 13.9. The summed E-state index contributed by atoms with van der Waals surface area (Å²) in [5, 5.41) is 6.95. The second kappa shape index (κ2) is 7.28. The fraction of sp³-hybridized carbons (Fsp3) is 0.176. The molecular formula is C17H16FN5O3. The first-order chi connectivity index (χ1) is 12.5. The van der Waals surface area contributed by atoms with Gasteiger partial charge in [-0.15, -0.1) is 0 Å². The van der Waals surface area contributed by atoms with Crippen molar-refractivity contribution in [3.05, 3.63) is 64.9 Å². The second-order valence-corrected chi connectivity index (χ2v) is 5.49. The number of nitrogens with two attached hydrogens (primary N) is 1. The van der Waals surface area contributed by atoms with Crippen LogP contribution in [0.1, 0.15) is 32.1 Å². The smallest absolute Gasteiger partial charge is 0.270 e. The average Bonchev–Trinajstić information content (AvgIpc) is 2.99. The number of nitrogens with zero attached hydrogens (tertiary/aromatic N) is 3. The molecule has 1 aromatic carbocycles. The fourth-order valence-electron chi connectivity index (χ4n) is 2.53. The molecule has 3 rings (SSSR count). The summed E-state index contributed by atoms with van der Waals surface area (Å²) in [5.41, 5.74) is 6.92. The van der Waals surface area contributed by atoms with Crippen LogP contribution >= 0.6 is 0 Å². The first-order valence-corrected chi connectivity index (χ1v) is 7.69. The normalized spacial score (nSPS) is 10.8. The summed E-state index contributed by atoms with van der Waals surface area (Å²) in [6, 6.07) is 7.26. The minimum Gasteiger partial charge on any atom is -0.378 e. The number of carbonyl (C=O) groups excluding carboxylic acids is 2. The van der Waals surface area contributed by atoms with Crippen molar-refractivity contribution < 1.29 is 18.7 Å². The van der Waals surface area contributed by atoms with Crippen molar-refractivity contribution in [2.75, 3.05) is 7.11 Å². The minimum atomic E-state index is -0.705. The van der Waals surface area contributed by atoms with Crippen LogP contribution < -0.4 is 11.1 Å². The molecule has 2 heterocycles. The summed E-state index contributed by atoms with van der Waals surface area (Å²) < 4.78 is 19.2. The molecule has 0 radical (unpaired) electrons. The molecule has 0 aliphatic rings. The van der Waals surface area contributed by atoms with E-state index >= 15 is 0 Å². The van der Waals surface area contributed by atoms with Crippen LogP contribution in [0.25, 0.3) is 5.65 Å². The van der Waals surface area contributed by atoms with Crippen molar-refractivity contribution in [2.45, 2.75) is 13.2 Å². The summed E-state index contributed by atoms with van der Waals surface area (Å²) in [7, 11) is 1.46. The monoisotopic (exact) mass is 357 g/mol. The Labute approximate surface area is 147 Å². The van der Waals surface area contributed by atoms with E-state index in [1.807, 2.05) is 0 Å². The molecule has 2 amide bonds. The highest BCUT2D eigenvalue weighted by Gasteiger charge is 2.22. The Morgan fingerprint density at radius 1 is 1.27 bits per heavy atom. The standard InChI is InChI=1S/C17H16FN5O3/c1-26-9-12-14(15(19)24)16-20-7-6-13(23(16)22-12)17(25)21-8-10-2-4-11(18)5-3-10/h2-7H,8-9H2,1H3,(H2,19,24)(H,21,25). The number of methoxy groups -OCH3 is 1. The molecule has 3 N–H and O–H groups in total. The number of hydrogen-bond acceptors (Lipinski definition) is 5. The van der Waals surface area contributed by atoms with Crippen LogP contribution in [0.5, 0.6) is 0 Å². The quantitative estimate of drug-likeness (QED) is 0.685. The van der Waals surface area contributed by atoms with Crippen LogP contribution in [-0.2, 0) is 17.9 Å². The molecule has 0 saturated heterocycles. The third-order valence-electron chi connectivity index (χ3n) is 3.72. The lowest BCUT2D eigenvalue weighted by molar-refractivity contribution is 0.0941. The van der Waals surface area contributed by atoms with Crippen LogP contribution in [0, 0.1) is 5.82 Å². The minimum absolute atomic E-state index is 0.0538. The first-order valence-electron chi connectivity index (χ1n) is 7.69. The van der Waals surface area contributed by atoms with Crippen molar-refractivity contribution in [3.8, 4) is 0 Å². The molecular weight excluding hydrogens is 341 g/mol. The van der Waals surface area contributed by atoms with Crippen LogP contribution in [0.3, 0.4) is 0 Å². The number of nitrogens with one attached hydrogen (secondary N) is 1. The van der Waals surface area contributed by atoms with Gasteiger partial charge in [-0.1, -0.05) is 12.1 Å². The van der Waals surface area contributed by atoms with E-state index in [0.29, 0.717) is 5.69 Å². The van der Waals surface area contributed by atoms with E-state index in [-0.39, 0.29) is 35.9 Å². The van der Waals surface area contributed by atoms with E-state index in [2.05, 4.69) is 15.4 Å². The van der Waals surface area contributed by atoms with Crippen molar-refractivity contribution in [2.24, 2.45) is 5.73 Å². The van der Waals surface area contributed by atoms with Gasteiger partial charge in [-0.3, -0.25) is 9.59 Å². The molecule has 0 atom stereocenters. The van der Waals surface area contributed by atoms with Crippen molar-refractivity contribution in [3.63, 3.8) is 0 Å². The lowest BCUT2D eigenvalue weighted by Crippen LogP contribution is -2.25. The third kappa shape index (κ3) is 3.38. The molecule has 8 nitrogen and oxygen atoms in total. The predicted octanol–water partition coefficient (Wildman–Crippen LogP) is 1.04. The van der Waals surface area contributed by atoms with Crippen molar-refractivity contribution in [1.29, 1.82) is 0 Å². The molecule has 0 saturated carbocycles. The van der Waals surface area contributed by atoms with Crippen LogP contribution in [0.15, 0.2) is 36.5 Å². The van der Waals surface area contributed by atoms with Gasteiger partial charge in [-0.05, 0) is 23.8 Å². The summed E-state index contributed by atoms with van der Waals surface area (Å²) in [5.74, 6) is -1.48. The zero-order valence-electron chi connectivity index (χ0n) is 13.9. The van der Waals surface area contributed by atoms with E-state index in [1.54, 1.807) is 12.1 Å². The Hall–Kier alpha value is -3.33. The topological polar surface area (TPSA) is 112 Å². The molecule has 2 aromatic heterocycles. The zero-order chi connectivity index (χ0) is 18.7. The number of benzene rings is 1. The number of primary amides is 1. The molecule has 26 heavy (non-hydrogen) atoms. The number of rotatable bonds is 6. The van der Waals surface area contributed by atoms with Gasteiger partial charge in [-0.25, -0.2) is 13.9 Å². The number of halogens is 1. The van der Waals surface area contributed by atoms with Gasteiger partial charge >= 0.3 is 0 Å². The Kier molecular flexibility index (Phi) is 4.90. The van der Waals surface area contributed by atoms with E-state index in [9.17, 15) is 14.0 Å². The Balaban J connectivity index is 1.91. The number of carbonyl (C=O) groups is 2. The number of amides is 2. The number of fused-ring (bicyclic) bond motifs is 1. The van der Waals surface area contributed by atoms with Gasteiger partial charge in [0, 0.05) is 19.9 Å². The van der Waals surface area contributed by atoms with Gasteiger partial charge in [0.2, 0.25) is 0 Å². The SMILES string of the molecule is COCc1nn2c(C(=O)NCc3ccc(F)cc3)ccnc2c1C(N)=O. The van der Waals surface area contributed by atoms with Crippen LogP contribution in [0.4, 0.5) is 4.39 Å². The molecule has 0 spiro atoms. The molecule has 0 aliphatic heterocycles. The van der Waals surface area contributed by atoms with Crippen LogP contribution in [0.2, 0.25) is 0 Å². The summed E-state index contributed by atoms with van der Waals surface area (Å²) in [6.45, 7) is 0.260. The van der Waals surface area contributed by atoms with Gasteiger partial charge in [0.1, 0.15) is 22.8 Å². The molecule has 0 fully saturated rings. The van der Waals surface area contributed by atoms with E-state index in [0.717, 1.165) is 5.56 Å². The maximum absolute atomic E-state index is 12.9. The predicted molar refractivity (Wildman–Crippen MR) is 89.8 cm³/mol. The first kappa shape index (κ1) is 17.5. The van der Waals surface area contributed by atoms with E-state index in [4.69, 9.17) is 10.5 Å². The van der Waals surface area contributed by atoms with Gasteiger partial charge in [-0.2, -0.15) is 5.10 Å². The highest BCUT2D eigenvalue weighted by atomic mass is 19.1. The fourth-order valence-corrected chi connectivity index (χ4v) is 2.53. The van der Waals surface area contributed by atoms with Gasteiger partial charge < -0.3 is 15.8 Å². The van der Waals surface area contributed by atoms with Gasteiger partial charge in [0.05, 0.1) is 6.61 Å². The average molecular weight is 357 g/mol. The Morgan fingerprint density at radius 2 is 2.00 bits per heavy atom. The Bertz CT molecular complexity index is 968. The number of ether oxygens (including phenoxy) is 1. The lowest BCUT2D eigenvalue weighted by atomic mass is 10.2. The lowest BCUT2D eigenvalue weighted by Gasteiger charge is -2.07. The molecule has 134 valence electrons. The second-order valence-electron chi connectivity index (χ2n) is 5.49. The maximum atomic E-state index is 12.9. The van der Waals surface area contributed by atoms with Crippen LogP contribution in [-0.4, -0.2) is 33.5 Å². The van der Waals surface area contributed by atoms with Crippen molar-refractivity contribution in [1.82, 2.24) is 19.9 Å². The number of aromatic nitrogens is 3. The highest BCUT2D eigenvalue weighted by molar-refractivity contribution is 6.01. The molecule has 0 unspecified atom stereocenters.